The highest BCUT2D eigenvalue weighted by Crippen LogP contribution is 2.21. The Bertz CT molecular complexity index is 227. The summed E-state index contributed by atoms with van der Waals surface area (Å²) in [4.78, 5) is 0. The molecule has 0 saturated heterocycles. The molecule has 0 radical (unpaired) electrons. The van der Waals surface area contributed by atoms with Crippen molar-refractivity contribution in [2.24, 2.45) is 5.41 Å². The molecule has 0 bridgehead atoms. The zero-order chi connectivity index (χ0) is 8.48. The van der Waals surface area contributed by atoms with Gasteiger partial charge in [-0.1, -0.05) is 20.8 Å². The molecule has 0 unspecified atom stereocenters. The number of hydrogen-bond donors (Lipinski definition) is 0. The summed E-state index contributed by atoms with van der Waals surface area (Å²) in [6.07, 6.45) is 1.01. The van der Waals surface area contributed by atoms with Crippen LogP contribution in [0.1, 0.15) is 32.3 Å². The van der Waals surface area contributed by atoms with E-state index in [9.17, 15) is 0 Å². The molecule has 62 valence electrons. The van der Waals surface area contributed by atoms with Crippen LogP contribution in [0.2, 0.25) is 0 Å². The van der Waals surface area contributed by atoms with Crippen molar-refractivity contribution in [1.29, 1.82) is 0 Å². The van der Waals surface area contributed by atoms with E-state index < -0.39 is 0 Å². The van der Waals surface area contributed by atoms with Gasteiger partial charge in [0.05, 0.1) is 0 Å². The van der Waals surface area contributed by atoms with Crippen molar-refractivity contribution in [3.8, 4) is 0 Å². The monoisotopic (exact) mass is 152 g/mol. The minimum absolute atomic E-state index is 0.324. The van der Waals surface area contributed by atoms with Crippen LogP contribution in [0.5, 0.6) is 0 Å². The fourth-order valence-corrected chi connectivity index (χ4v) is 1.10. The standard InChI is InChI=1S/C10H16O/c1-8-5-6-9(11-8)7-10(2,3)4/h5-6H,7H2,1-4H3. The highest BCUT2D eigenvalue weighted by molar-refractivity contribution is 5.06. The Kier molecular flexibility index (Phi) is 2.08. The fraction of sp³-hybridized carbons (Fsp3) is 0.600. The maximum Gasteiger partial charge on any atom is 0.104 e. The van der Waals surface area contributed by atoms with Crippen LogP contribution in [0, 0.1) is 12.3 Å². The molecule has 1 heteroatoms. The van der Waals surface area contributed by atoms with Crippen LogP contribution in [-0.2, 0) is 6.42 Å². The molecule has 1 aromatic rings. The SMILES string of the molecule is Cc1ccc(CC(C)(C)C)o1. The van der Waals surface area contributed by atoms with Gasteiger partial charge in [-0.3, -0.25) is 0 Å². The number of aryl methyl sites for hydroxylation is 1. The Morgan fingerprint density at radius 2 is 1.91 bits per heavy atom. The van der Waals surface area contributed by atoms with E-state index in [0.717, 1.165) is 17.9 Å². The van der Waals surface area contributed by atoms with Gasteiger partial charge in [-0.25, -0.2) is 0 Å². The summed E-state index contributed by atoms with van der Waals surface area (Å²) in [6.45, 7) is 8.62. The smallest absolute Gasteiger partial charge is 0.104 e. The molecule has 0 aliphatic carbocycles. The first-order valence-corrected chi connectivity index (χ1v) is 4.03. The van der Waals surface area contributed by atoms with E-state index in [4.69, 9.17) is 4.42 Å². The molecule has 0 fully saturated rings. The van der Waals surface area contributed by atoms with Crippen LogP contribution in [0.4, 0.5) is 0 Å². The van der Waals surface area contributed by atoms with Gasteiger partial charge >= 0.3 is 0 Å². The Morgan fingerprint density at radius 1 is 1.27 bits per heavy atom. The van der Waals surface area contributed by atoms with Crippen LogP contribution in [0.15, 0.2) is 16.5 Å². The topological polar surface area (TPSA) is 13.1 Å². The van der Waals surface area contributed by atoms with E-state index in [1.54, 1.807) is 0 Å². The summed E-state index contributed by atoms with van der Waals surface area (Å²) >= 11 is 0. The van der Waals surface area contributed by atoms with Crippen molar-refractivity contribution in [2.75, 3.05) is 0 Å². The molecule has 0 N–H and O–H groups in total. The molecule has 0 atom stereocenters. The summed E-state index contributed by atoms with van der Waals surface area (Å²) in [5, 5.41) is 0. The lowest BCUT2D eigenvalue weighted by molar-refractivity contribution is 0.357. The quantitative estimate of drug-likeness (QED) is 0.602. The van der Waals surface area contributed by atoms with E-state index in [1.807, 2.05) is 13.0 Å². The first-order chi connectivity index (χ1) is 4.97. The van der Waals surface area contributed by atoms with Crippen molar-refractivity contribution in [3.05, 3.63) is 23.7 Å². The van der Waals surface area contributed by atoms with Crippen LogP contribution < -0.4 is 0 Å². The van der Waals surface area contributed by atoms with E-state index >= 15 is 0 Å². The molecule has 0 aliphatic heterocycles. The van der Waals surface area contributed by atoms with Crippen molar-refractivity contribution in [2.45, 2.75) is 34.1 Å². The predicted octanol–water partition coefficient (Wildman–Crippen LogP) is 3.18. The second-order valence-corrected chi connectivity index (χ2v) is 4.25. The maximum absolute atomic E-state index is 5.46. The number of hydrogen-bond acceptors (Lipinski definition) is 1. The third-order valence-corrected chi connectivity index (χ3v) is 1.50. The van der Waals surface area contributed by atoms with Gasteiger partial charge in [-0.2, -0.15) is 0 Å². The summed E-state index contributed by atoms with van der Waals surface area (Å²) in [5.41, 5.74) is 0.324. The predicted molar refractivity (Wildman–Crippen MR) is 46.6 cm³/mol. The van der Waals surface area contributed by atoms with E-state index in [-0.39, 0.29) is 0 Å². The maximum atomic E-state index is 5.46. The van der Waals surface area contributed by atoms with Crippen molar-refractivity contribution in [3.63, 3.8) is 0 Å². The second kappa shape index (κ2) is 2.72. The zero-order valence-electron chi connectivity index (χ0n) is 7.77. The Hall–Kier alpha value is -0.720. The molecule has 0 aliphatic rings. The second-order valence-electron chi connectivity index (χ2n) is 4.25. The largest absolute Gasteiger partial charge is 0.466 e. The van der Waals surface area contributed by atoms with Gasteiger partial charge < -0.3 is 4.42 Å². The van der Waals surface area contributed by atoms with Crippen LogP contribution >= 0.6 is 0 Å². The van der Waals surface area contributed by atoms with Crippen molar-refractivity contribution in [1.82, 2.24) is 0 Å². The Morgan fingerprint density at radius 3 is 2.27 bits per heavy atom. The van der Waals surface area contributed by atoms with Crippen molar-refractivity contribution >= 4 is 0 Å². The number of furan rings is 1. The van der Waals surface area contributed by atoms with E-state index in [2.05, 4.69) is 26.8 Å². The zero-order valence-corrected chi connectivity index (χ0v) is 7.77. The minimum atomic E-state index is 0.324. The minimum Gasteiger partial charge on any atom is -0.466 e. The average Bonchev–Trinajstić information content (AvgIpc) is 2.10. The third-order valence-electron chi connectivity index (χ3n) is 1.50. The molecular formula is C10H16O. The Balaban J connectivity index is 2.65. The third kappa shape index (κ3) is 2.79. The molecule has 11 heavy (non-hydrogen) atoms. The van der Waals surface area contributed by atoms with Crippen LogP contribution in [0.25, 0.3) is 0 Å². The Labute approximate surface area is 68.4 Å². The molecule has 0 saturated carbocycles. The molecule has 1 aromatic heterocycles. The lowest BCUT2D eigenvalue weighted by Crippen LogP contribution is -2.08. The summed E-state index contributed by atoms with van der Waals surface area (Å²) in [6, 6.07) is 4.07. The number of rotatable bonds is 1. The van der Waals surface area contributed by atoms with Gasteiger partial charge in [-0.15, -0.1) is 0 Å². The highest BCUT2D eigenvalue weighted by Gasteiger charge is 2.12. The van der Waals surface area contributed by atoms with Gasteiger partial charge in [0, 0.05) is 6.42 Å². The average molecular weight is 152 g/mol. The van der Waals surface area contributed by atoms with E-state index in [1.165, 1.54) is 0 Å². The normalized spacial score (nSPS) is 12.0. The van der Waals surface area contributed by atoms with Gasteiger partial charge in [0.15, 0.2) is 0 Å². The molecule has 0 amide bonds. The summed E-state index contributed by atoms with van der Waals surface area (Å²) in [7, 11) is 0. The molecular weight excluding hydrogens is 136 g/mol. The molecule has 1 rings (SSSR count). The summed E-state index contributed by atoms with van der Waals surface area (Å²) in [5.74, 6) is 2.10. The van der Waals surface area contributed by atoms with Crippen molar-refractivity contribution < 1.29 is 4.42 Å². The lowest BCUT2D eigenvalue weighted by Gasteiger charge is -2.15. The molecule has 0 aromatic carbocycles. The van der Waals surface area contributed by atoms with Crippen LogP contribution in [-0.4, -0.2) is 0 Å². The summed E-state index contributed by atoms with van der Waals surface area (Å²) < 4.78 is 5.46. The highest BCUT2D eigenvalue weighted by atomic mass is 16.3. The van der Waals surface area contributed by atoms with Crippen LogP contribution in [0.3, 0.4) is 0 Å². The lowest BCUT2D eigenvalue weighted by atomic mass is 9.91. The molecule has 0 spiro atoms. The molecule has 1 heterocycles. The molecule has 1 nitrogen and oxygen atoms in total. The van der Waals surface area contributed by atoms with Gasteiger partial charge in [0.1, 0.15) is 11.5 Å². The first-order valence-electron chi connectivity index (χ1n) is 4.03. The fourth-order valence-electron chi connectivity index (χ4n) is 1.10. The van der Waals surface area contributed by atoms with Gasteiger partial charge in [-0.05, 0) is 24.5 Å². The van der Waals surface area contributed by atoms with Gasteiger partial charge in [0.25, 0.3) is 0 Å². The van der Waals surface area contributed by atoms with E-state index in [0.29, 0.717) is 5.41 Å². The van der Waals surface area contributed by atoms with Gasteiger partial charge in [0.2, 0.25) is 0 Å². The first kappa shape index (κ1) is 8.38.